The molecule has 1 atom stereocenters. The van der Waals surface area contributed by atoms with Crippen LogP contribution >= 0.6 is 0 Å². The van der Waals surface area contributed by atoms with E-state index < -0.39 is 24.3 Å². The maximum absolute atomic E-state index is 12.5. The summed E-state index contributed by atoms with van der Waals surface area (Å²) in [6.07, 6.45) is -6.44. The van der Waals surface area contributed by atoms with Gasteiger partial charge in [0.2, 0.25) is 0 Å². The van der Waals surface area contributed by atoms with Crippen LogP contribution in [0.25, 0.3) is 0 Å². The van der Waals surface area contributed by atoms with Crippen LogP contribution in [0.3, 0.4) is 0 Å². The largest absolute Gasteiger partial charge is 0.402 e. The van der Waals surface area contributed by atoms with E-state index in [0.717, 1.165) is 12.8 Å². The Labute approximate surface area is 101 Å². The summed E-state index contributed by atoms with van der Waals surface area (Å²) >= 11 is 0. The molecule has 0 bridgehead atoms. The van der Waals surface area contributed by atoms with Crippen molar-refractivity contribution in [1.29, 1.82) is 0 Å². The topological polar surface area (TPSA) is 26.0 Å². The highest BCUT2D eigenvalue weighted by Crippen LogP contribution is 2.43. The number of hydrogen-bond donors (Lipinski definition) is 1. The third kappa shape index (κ3) is 3.90. The van der Waals surface area contributed by atoms with Gasteiger partial charge in [-0.2, -0.15) is 26.3 Å². The van der Waals surface area contributed by atoms with Gasteiger partial charge in [0, 0.05) is 6.04 Å². The number of rotatable bonds is 2. The molecule has 18 heavy (non-hydrogen) atoms. The Kier molecular flexibility index (Phi) is 4.69. The van der Waals surface area contributed by atoms with Crippen LogP contribution in [0.15, 0.2) is 11.6 Å². The van der Waals surface area contributed by atoms with E-state index in [1.54, 1.807) is 0 Å². The van der Waals surface area contributed by atoms with Gasteiger partial charge in [0.15, 0.2) is 5.92 Å². The van der Waals surface area contributed by atoms with Crippen LogP contribution in [-0.4, -0.2) is 18.4 Å². The molecular formula is C11H15F6N. The smallest absolute Gasteiger partial charge is 0.323 e. The quantitative estimate of drug-likeness (QED) is 0.599. The van der Waals surface area contributed by atoms with E-state index in [1.807, 2.05) is 0 Å². The Bertz CT molecular complexity index is 290. The minimum atomic E-state index is -5.37. The molecule has 0 saturated heterocycles. The Morgan fingerprint density at radius 1 is 0.944 bits per heavy atom. The third-order valence-electron chi connectivity index (χ3n) is 3.07. The highest BCUT2D eigenvalue weighted by molar-refractivity contribution is 5.15. The summed E-state index contributed by atoms with van der Waals surface area (Å²) < 4.78 is 75.0. The van der Waals surface area contributed by atoms with Crippen molar-refractivity contribution in [3.63, 3.8) is 0 Å². The number of alkyl halides is 6. The van der Waals surface area contributed by atoms with Crippen molar-refractivity contribution in [3.8, 4) is 0 Å². The predicted molar refractivity (Wildman–Crippen MR) is 54.7 cm³/mol. The van der Waals surface area contributed by atoms with Gasteiger partial charge in [-0.1, -0.05) is 18.1 Å². The summed E-state index contributed by atoms with van der Waals surface area (Å²) in [5.74, 6) is -3.48. The molecule has 0 aromatic carbocycles. The molecule has 0 radical (unpaired) electrons. The lowest BCUT2D eigenvalue weighted by Gasteiger charge is -2.29. The van der Waals surface area contributed by atoms with E-state index in [0.29, 0.717) is 12.8 Å². The molecule has 2 N–H and O–H groups in total. The first-order chi connectivity index (χ1) is 8.14. The fourth-order valence-electron chi connectivity index (χ4n) is 2.15. The van der Waals surface area contributed by atoms with E-state index in [4.69, 9.17) is 5.73 Å². The molecule has 0 spiro atoms. The molecule has 7 heteroatoms. The normalized spacial score (nSPS) is 20.6. The van der Waals surface area contributed by atoms with Gasteiger partial charge in [-0.05, 0) is 25.7 Å². The van der Waals surface area contributed by atoms with Crippen LogP contribution < -0.4 is 5.73 Å². The zero-order chi connectivity index (χ0) is 14.0. The summed E-state index contributed by atoms with van der Waals surface area (Å²) in [6.45, 7) is 0. The average molecular weight is 275 g/mol. The predicted octanol–water partition coefficient (Wildman–Crippen LogP) is 3.95. The molecule has 0 heterocycles. The van der Waals surface area contributed by atoms with Gasteiger partial charge in [0.05, 0.1) is 0 Å². The Morgan fingerprint density at radius 2 is 1.50 bits per heavy atom. The Hall–Kier alpha value is -0.720. The zero-order valence-corrected chi connectivity index (χ0v) is 9.61. The van der Waals surface area contributed by atoms with Crippen LogP contribution in [-0.2, 0) is 0 Å². The minimum Gasteiger partial charge on any atom is -0.323 e. The van der Waals surface area contributed by atoms with Crippen LogP contribution in [0, 0.1) is 5.92 Å². The highest BCUT2D eigenvalue weighted by Gasteiger charge is 2.59. The van der Waals surface area contributed by atoms with Gasteiger partial charge in [0.25, 0.3) is 0 Å². The number of allylic oxidation sites excluding steroid dienone is 1. The molecule has 0 amide bonds. The lowest BCUT2D eigenvalue weighted by Crippen LogP contribution is -2.49. The number of hydrogen-bond acceptors (Lipinski definition) is 1. The van der Waals surface area contributed by atoms with Crippen molar-refractivity contribution in [3.05, 3.63) is 11.6 Å². The van der Waals surface area contributed by atoms with Gasteiger partial charge >= 0.3 is 12.4 Å². The molecule has 1 aliphatic carbocycles. The van der Waals surface area contributed by atoms with Gasteiger partial charge in [-0.15, -0.1) is 0 Å². The van der Waals surface area contributed by atoms with Crippen LogP contribution in [0.2, 0.25) is 0 Å². The molecule has 1 nitrogen and oxygen atoms in total. The minimum absolute atomic E-state index is 0.0761. The molecule has 1 rings (SSSR count). The van der Waals surface area contributed by atoms with Gasteiger partial charge in [-0.3, -0.25) is 0 Å². The molecule has 0 saturated carbocycles. The SMILES string of the molecule is NC(C1=CCCCCC1)C(C(F)(F)F)C(F)(F)F. The molecule has 0 fully saturated rings. The monoisotopic (exact) mass is 275 g/mol. The van der Waals surface area contributed by atoms with Crippen molar-refractivity contribution < 1.29 is 26.3 Å². The fourth-order valence-corrected chi connectivity index (χ4v) is 2.15. The van der Waals surface area contributed by atoms with E-state index in [9.17, 15) is 26.3 Å². The standard InChI is InChI=1S/C11H15F6N/c12-10(13,14)9(11(15,16)17)8(18)7-5-3-1-2-4-6-7/h5,8-9H,1-4,6,18H2. The molecule has 1 unspecified atom stereocenters. The summed E-state index contributed by atoms with van der Waals surface area (Å²) in [5.41, 5.74) is 5.30. The van der Waals surface area contributed by atoms with Crippen LogP contribution in [0.4, 0.5) is 26.3 Å². The van der Waals surface area contributed by atoms with Crippen LogP contribution in [0.1, 0.15) is 32.1 Å². The fraction of sp³-hybridized carbons (Fsp3) is 0.818. The molecular weight excluding hydrogens is 260 g/mol. The summed E-state index contributed by atoms with van der Waals surface area (Å²) in [5, 5.41) is 0. The lowest BCUT2D eigenvalue weighted by molar-refractivity contribution is -0.287. The average Bonchev–Trinajstić information content (AvgIpc) is 2.40. The van der Waals surface area contributed by atoms with Crippen molar-refractivity contribution in [2.24, 2.45) is 11.7 Å². The van der Waals surface area contributed by atoms with E-state index in [-0.39, 0.29) is 12.0 Å². The van der Waals surface area contributed by atoms with Gasteiger partial charge in [-0.25, -0.2) is 0 Å². The highest BCUT2D eigenvalue weighted by atomic mass is 19.4. The Balaban J connectivity index is 2.95. The molecule has 0 aliphatic heterocycles. The Morgan fingerprint density at radius 3 is 2.00 bits per heavy atom. The van der Waals surface area contributed by atoms with Gasteiger partial charge in [0.1, 0.15) is 0 Å². The second kappa shape index (κ2) is 5.50. The second-order valence-corrected chi connectivity index (χ2v) is 4.47. The third-order valence-corrected chi connectivity index (χ3v) is 3.07. The number of nitrogens with two attached hydrogens (primary N) is 1. The van der Waals surface area contributed by atoms with Crippen molar-refractivity contribution in [2.75, 3.05) is 0 Å². The molecule has 0 aromatic heterocycles. The summed E-state index contributed by atoms with van der Waals surface area (Å²) in [7, 11) is 0. The van der Waals surface area contributed by atoms with Gasteiger partial charge < -0.3 is 5.73 Å². The lowest BCUT2D eigenvalue weighted by atomic mass is 9.90. The maximum atomic E-state index is 12.5. The van der Waals surface area contributed by atoms with E-state index in [1.165, 1.54) is 6.08 Å². The second-order valence-electron chi connectivity index (χ2n) is 4.47. The van der Waals surface area contributed by atoms with Crippen molar-refractivity contribution in [1.82, 2.24) is 0 Å². The first-order valence-electron chi connectivity index (χ1n) is 5.72. The number of halogens is 6. The van der Waals surface area contributed by atoms with Crippen molar-refractivity contribution >= 4 is 0 Å². The maximum Gasteiger partial charge on any atom is 0.402 e. The summed E-state index contributed by atoms with van der Waals surface area (Å²) in [6, 6.07) is -2.02. The van der Waals surface area contributed by atoms with Crippen molar-refractivity contribution in [2.45, 2.75) is 50.5 Å². The molecule has 1 aliphatic rings. The first kappa shape index (κ1) is 15.3. The first-order valence-corrected chi connectivity index (χ1v) is 5.72. The summed E-state index contributed by atoms with van der Waals surface area (Å²) in [4.78, 5) is 0. The van der Waals surface area contributed by atoms with E-state index in [2.05, 4.69) is 0 Å². The molecule has 106 valence electrons. The van der Waals surface area contributed by atoms with Crippen LogP contribution in [0.5, 0.6) is 0 Å². The zero-order valence-electron chi connectivity index (χ0n) is 9.61. The molecule has 0 aromatic rings. The van der Waals surface area contributed by atoms with E-state index >= 15 is 0 Å².